The minimum Gasteiger partial charge on any atom is -0.380 e. The Bertz CT molecular complexity index is 323. The van der Waals surface area contributed by atoms with E-state index < -0.39 is 0 Å². The first-order chi connectivity index (χ1) is 6.77. The Balaban J connectivity index is 2.83. The quantitative estimate of drug-likeness (QED) is 0.796. The molecule has 2 nitrogen and oxygen atoms in total. The molecule has 0 atom stereocenters. The number of methoxy groups -OCH3 is 1. The molecule has 0 aliphatic rings. The molecule has 0 aromatic heterocycles. The van der Waals surface area contributed by atoms with Crippen molar-refractivity contribution in [2.45, 2.75) is 6.61 Å². The number of hydrogen-bond donors (Lipinski definition) is 1. The number of nitrogens with two attached hydrogens (primary N) is 1. The van der Waals surface area contributed by atoms with Gasteiger partial charge in [-0.3, -0.25) is 0 Å². The van der Waals surface area contributed by atoms with E-state index in [-0.39, 0.29) is 5.82 Å². The topological polar surface area (TPSA) is 35.2 Å². The van der Waals surface area contributed by atoms with Crippen LogP contribution in [0, 0.1) is 5.82 Å². The van der Waals surface area contributed by atoms with Crippen LogP contribution in [0.1, 0.15) is 11.1 Å². The Morgan fingerprint density at radius 3 is 2.86 bits per heavy atom. The molecule has 3 heteroatoms. The third-order valence-corrected chi connectivity index (χ3v) is 1.82. The lowest BCUT2D eigenvalue weighted by Gasteiger charge is -2.02. The fourth-order valence-electron chi connectivity index (χ4n) is 1.14. The summed E-state index contributed by atoms with van der Waals surface area (Å²) in [5.41, 5.74) is 6.67. The van der Waals surface area contributed by atoms with Crippen LogP contribution in [0.4, 0.5) is 4.39 Å². The fraction of sp³-hybridized carbons (Fsp3) is 0.273. The first kappa shape index (κ1) is 10.9. The summed E-state index contributed by atoms with van der Waals surface area (Å²) in [5.74, 6) is -0.244. The first-order valence-corrected chi connectivity index (χ1v) is 4.42. The van der Waals surface area contributed by atoms with E-state index >= 15 is 0 Å². The van der Waals surface area contributed by atoms with Crippen LogP contribution in [0.3, 0.4) is 0 Å². The Morgan fingerprint density at radius 2 is 2.29 bits per heavy atom. The van der Waals surface area contributed by atoms with Gasteiger partial charge in [0.05, 0.1) is 6.61 Å². The zero-order chi connectivity index (χ0) is 10.4. The second kappa shape index (κ2) is 5.52. The van der Waals surface area contributed by atoms with Crippen LogP contribution < -0.4 is 5.73 Å². The van der Waals surface area contributed by atoms with Gasteiger partial charge in [0.2, 0.25) is 0 Å². The van der Waals surface area contributed by atoms with Crippen LogP contribution in [-0.2, 0) is 11.3 Å². The zero-order valence-electron chi connectivity index (χ0n) is 8.16. The predicted octanol–water partition coefficient (Wildman–Crippen LogP) is 1.94. The van der Waals surface area contributed by atoms with Gasteiger partial charge in [0.1, 0.15) is 5.82 Å². The molecule has 0 saturated heterocycles. The zero-order valence-corrected chi connectivity index (χ0v) is 8.16. The van der Waals surface area contributed by atoms with E-state index in [0.717, 1.165) is 5.56 Å². The highest BCUT2D eigenvalue weighted by Gasteiger charge is 2.00. The number of hydrogen-bond acceptors (Lipinski definition) is 2. The second-order valence-corrected chi connectivity index (χ2v) is 2.92. The molecule has 0 spiro atoms. The molecule has 0 amide bonds. The standard InChI is InChI=1S/C11H14FNO/c1-14-8-10-5-4-9(3-2-6-13)7-11(10)12/h2-5,7H,6,8,13H2,1H3/b3-2+. The van der Waals surface area contributed by atoms with Crippen molar-refractivity contribution in [2.24, 2.45) is 5.73 Å². The summed E-state index contributed by atoms with van der Waals surface area (Å²) >= 11 is 0. The second-order valence-electron chi connectivity index (χ2n) is 2.92. The number of halogens is 1. The van der Waals surface area contributed by atoms with E-state index in [1.165, 1.54) is 6.07 Å². The largest absolute Gasteiger partial charge is 0.380 e. The molecular formula is C11H14FNO. The normalized spacial score (nSPS) is 11.1. The van der Waals surface area contributed by atoms with Gasteiger partial charge in [0.25, 0.3) is 0 Å². The van der Waals surface area contributed by atoms with E-state index in [9.17, 15) is 4.39 Å². The third-order valence-electron chi connectivity index (χ3n) is 1.82. The molecule has 14 heavy (non-hydrogen) atoms. The van der Waals surface area contributed by atoms with Gasteiger partial charge in [-0.25, -0.2) is 4.39 Å². The maximum atomic E-state index is 13.3. The minimum atomic E-state index is -0.244. The summed E-state index contributed by atoms with van der Waals surface area (Å²) in [6.07, 6.45) is 3.57. The van der Waals surface area contributed by atoms with Crippen LogP contribution in [0.25, 0.3) is 6.08 Å². The van der Waals surface area contributed by atoms with E-state index in [4.69, 9.17) is 10.5 Å². The van der Waals surface area contributed by atoms with Crippen molar-refractivity contribution >= 4 is 6.08 Å². The summed E-state index contributed by atoms with van der Waals surface area (Å²) < 4.78 is 18.2. The van der Waals surface area contributed by atoms with Crippen molar-refractivity contribution in [3.8, 4) is 0 Å². The van der Waals surface area contributed by atoms with Gasteiger partial charge in [-0.15, -0.1) is 0 Å². The van der Waals surface area contributed by atoms with Gasteiger partial charge >= 0.3 is 0 Å². The molecule has 0 aliphatic carbocycles. The number of ether oxygens (including phenoxy) is 1. The fourth-order valence-corrected chi connectivity index (χ4v) is 1.14. The molecule has 0 saturated carbocycles. The van der Waals surface area contributed by atoms with E-state index in [0.29, 0.717) is 18.7 Å². The molecule has 0 aliphatic heterocycles. The van der Waals surface area contributed by atoms with Gasteiger partial charge in [-0.1, -0.05) is 24.3 Å². The third kappa shape index (κ3) is 2.94. The highest BCUT2D eigenvalue weighted by atomic mass is 19.1. The Kier molecular flexibility index (Phi) is 4.29. The van der Waals surface area contributed by atoms with E-state index in [1.807, 2.05) is 6.07 Å². The van der Waals surface area contributed by atoms with Gasteiger partial charge in [0, 0.05) is 19.2 Å². The SMILES string of the molecule is COCc1ccc(/C=C/CN)cc1F. The van der Waals surface area contributed by atoms with Crippen molar-refractivity contribution < 1.29 is 9.13 Å². The molecule has 0 unspecified atom stereocenters. The van der Waals surface area contributed by atoms with Crippen LogP contribution in [0.5, 0.6) is 0 Å². The van der Waals surface area contributed by atoms with Crippen LogP contribution >= 0.6 is 0 Å². The smallest absolute Gasteiger partial charge is 0.129 e. The van der Waals surface area contributed by atoms with E-state index in [2.05, 4.69) is 0 Å². The average molecular weight is 195 g/mol. The Hall–Kier alpha value is -1.19. The summed E-state index contributed by atoms with van der Waals surface area (Å²) in [4.78, 5) is 0. The molecule has 0 bridgehead atoms. The molecule has 1 rings (SSSR count). The first-order valence-electron chi connectivity index (χ1n) is 4.42. The van der Waals surface area contributed by atoms with Gasteiger partial charge in [-0.2, -0.15) is 0 Å². The minimum absolute atomic E-state index is 0.244. The summed E-state index contributed by atoms with van der Waals surface area (Å²) in [6, 6.07) is 5.03. The summed E-state index contributed by atoms with van der Waals surface area (Å²) in [7, 11) is 1.54. The number of rotatable bonds is 4. The van der Waals surface area contributed by atoms with Crippen LogP contribution in [0.2, 0.25) is 0 Å². The van der Waals surface area contributed by atoms with Crippen molar-refractivity contribution in [2.75, 3.05) is 13.7 Å². The highest BCUT2D eigenvalue weighted by molar-refractivity contribution is 5.50. The molecule has 1 aromatic rings. The van der Waals surface area contributed by atoms with Crippen molar-refractivity contribution in [3.63, 3.8) is 0 Å². The summed E-state index contributed by atoms with van der Waals surface area (Å²) in [5, 5.41) is 0. The van der Waals surface area contributed by atoms with Crippen molar-refractivity contribution in [1.82, 2.24) is 0 Å². The lowest BCUT2D eigenvalue weighted by Crippen LogP contribution is -1.94. The van der Waals surface area contributed by atoms with Gasteiger partial charge in [-0.05, 0) is 11.6 Å². The highest BCUT2D eigenvalue weighted by Crippen LogP contribution is 2.12. The molecule has 2 N–H and O–H groups in total. The Morgan fingerprint density at radius 1 is 1.50 bits per heavy atom. The maximum absolute atomic E-state index is 13.3. The molecule has 0 fully saturated rings. The molecule has 0 radical (unpaired) electrons. The maximum Gasteiger partial charge on any atom is 0.129 e. The molecule has 1 aromatic carbocycles. The predicted molar refractivity (Wildman–Crippen MR) is 55.2 cm³/mol. The van der Waals surface area contributed by atoms with Crippen molar-refractivity contribution in [1.29, 1.82) is 0 Å². The van der Waals surface area contributed by atoms with Gasteiger partial charge in [0.15, 0.2) is 0 Å². The Labute approximate surface area is 83.2 Å². The van der Waals surface area contributed by atoms with Crippen molar-refractivity contribution in [3.05, 3.63) is 41.2 Å². The number of benzene rings is 1. The lowest BCUT2D eigenvalue weighted by molar-refractivity contribution is 0.181. The lowest BCUT2D eigenvalue weighted by atomic mass is 10.1. The molecule has 0 heterocycles. The van der Waals surface area contributed by atoms with Gasteiger partial charge < -0.3 is 10.5 Å². The monoisotopic (exact) mass is 195 g/mol. The van der Waals surface area contributed by atoms with E-state index in [1.54, 1.807) is 25.3 Å². The summed E-state index contributed by atoms with van der Waals surface area (Å²) in [6.45, 7) is 0.758. The molecular weight excluding hydrogens is 181 g/mol. The molecule has 76 valence electrons. The average Bonchev–Trinajstić information content (AvgIpc) is 2.19. The van der Waals surface area contributed by atoms with Crippen LogP contribution in [0.15, 0.2) is 24.3 Å². The van der Waals surface area contributed by atoms with Crippen LogP contribution in [-0.4, -0.2) is 13.7 Å².